The zero-order valence-corrected chi connectivity index (χ0v) is 14.8. The quantitative estimate of drug-likeness (QED) is 0.485. The lowest BCUT2D eigenvalue weighted by Crippen LogP contribution is -2.37. The number of carbonyl (C=O) groups excluding carboxylic acids is 1. The van der Waals surface area contributed by atoms with Crippen LogP contribution in [-0.2, 0) is 29.2 Å². The Labute approximate surface area is 127 Å². The minimum absolute atomic E-state index is 0.0869. The lowest BCUT2D eigenvalue weighted by molar-refractivity contribution is -0.142. The molecule has 0 aromatic carbocycles. The van der Waals surface area contributed by atoms with Gasteiger partial charge in [-0.15, -0.1) is 0 Å². The third-order valence-corrected chi connectivity index (χ3v) is 7.44. The molecule has 0 atom stereocenters. The highest BCUT2D eigenvalue weighted by molar-refractivity contribution is 7.93. The highest BCUT2D eigenvalue weighted by Gasteiger charge is 2.31. The van der Waals surface area contributed by atoms with E-state index in [4.69, 9.17) is 4.74 Å². The third kappa shape index (κ3) is 6.60. The molecule has 0 aliphatic carbocycles. The van der Waals surface area contributed by atoms with Crippen LogP contribution in [0.25, 0.3) is 0 Å². The molecule has 0 aliphatic rings. The van der Waals surface area contributed by atoms with Gasteiger partial charge < -0.3 is 4.74 Å². The van der Waals surface area contributed by atoms with Crippen molar-refractivity contribution in [2.75, 3.05) is 11.5 Å². The van der Waals surface area contributed by atoms with Gasteiger partial charge in [0.05, 0.1) is 22.0 Å². The van der Waals surface area contributed by atoms with Crippen molar-refractivity contribution >= 4 is 25.6 Å². The maximum atomic E-state index is 11.9. The fourth-order valence-corrected chi connectivity index (χ4v) is 3.60. The number of hydrogen-bond donors (Lipinski definition) is 0. The van der Waals surface area contributed by atoms with Crippen molar-refractivity contribution in [3.8, 4) is 0 Å². The Balaban J connectivity index is 5.31. The fourth-order valence-electron chi connectivity index (χ4n) is 1.27. The molecule has 0 saturated heterocycles. The number of sulfone groups is 2. The molecule has 21 heavy (non-hydrogen) atoms. The summed E-state index contributed by atoms with van der Waals surface area (Å²) in [7, 11) is -7.08. The third-order valence-electron chi connectivity index (χ3n) is 2.90. The first-order valence-electron chi connectivity index (χ1n) is 6.59. The maximum absolute atomic E-state index is 11.9. The summed E-state index contributed by atoms with van der Waals surface area (Å²) < 4.78 is 52.7. The van der Waals surface area contributed by atoms with Gasteiger partial charge in [0.2, 0.25) is 0 Å². The van der Waals surface area contributed by atoms with Crippen LogP contribution in [0, 0.1) is 0 Å². The summed E-state index contributed by atoms with van der Waals surface area (Å²) in [5.74, 6) is -1.83. The standard InChI is InChI=1S/C13H24O6S2/c1-9(2)13(14)19-12(7-20(15,16)10(3)4)8-21(17,18)11(5)6/h10-12H,1,7-8H2,2-6H3. The van der Waals surface area contributed by atoms with Crippen LogP contribution in [0.1, 0.15) is 34.6 Å². The van der Waals surface area contributed by atoms with Crippen molar-refractivity contribution < 1.29 is 26.4 Å². The molecule has 0 aliphatic heterocycles. The largest absolute Gasteiger partial charge is 0.457 e. The zero-order chi connectivity index (χ0) is 17.0. The Hall–Kier alpha value is -0.890. The second-order valence-electron chi connectivity index (χ2n) is 5.56. The number of hydrogen-bond acceptors (Lipinski definition) is 6. The summed E-state index contributed by atoms with van der Waals surface area (Å²) in [6.45, 7) is 10.8. The van der Waals surface area contributed by atoms with Crippen LogP contribution >= 0.6 is 0 Å². The Kier molecular flexibility index (Phi) is 7.08. The Bertz CT molecular complexity index is 544. The Morgan fingerprint density at radius 3 is 1.52 bits per heavy atom. The first-order chi connectivity index (χ1) is 9.29. The van der Waals surface area contributed by atoms with Crippen molar-refractivity contribution in [3.05, 3.63) is 12.2 Å². The van der Waals surface area contributed by atoms with Gasteiger partial charge in [0, 0.05) is 5.57 Å². The first-order valence-corrected chi connectivity index (χ1v) is 10.0. The topological polar surface area (TPSA) is 94.6 Å². The summed E-state index contributed by atoms with van der Waals surface area (Å²) in [6, 6.07) is 0. The van der Waals surface area contributed by atoms with Gasteiger partial charge in [0.25, 0.3) is 0 Å². The van der Waals surface area contributed by atoms with E-state index in [0.717, 1.165) is 0 Å². The number of carbonyl (C=O) groups is 1. The molecule has 124 valence electrons. The smallest absolute Gasteiger partial charge is 0.333 e. The van der Waals surface area contributed by atoms with Crippen molar-refractivity contribution in [2.24, 2.45) is 0 Å². The van der Waals surface area contributed by atoms with E-state index in [2.05, 4.69) is 6.58 Å². The van der Waals surface area contributed by atoms with Crippen LogP contribution in [-0.4, -0.2) is 50.9 Å². The monoisotopic (exact) mass is 340 g/mol. The van der Waals surface area contributed by atoms with Crippen LogP contribution in [0.4, 0.5) is 0 Å². The number of rotatable bonds is 8. The molecule has 0 bridgehead atoms. The van der Waals surface area contributed by atoms with Gasteiger partial charge in [-0.05, 0) is 34.6 Å². The summed E-state index contributed by atoms with van der Waals surface area (Å²) in [4.78, 5) is 11.6. The lowest BCUT2D eigenvalue weighted by Gasteiger charge is -2.20. The molecule has 0 aromatic heterocycles. The SMILES string of the molecule is C=C(C)C(=O)OC(CS(=O)(=O)C(C)C)CS(=O)(=O)C(C)C. The summed E-state index contributed by atoms with van der Waals surface area (Å²) in [6.07, 6.45) is -1.23. The zero-order valence-electron chi connectivity index (χ0n) is 13.1. The molecule has 0 radical (unpaired) electrons. The van der Waals surface area contributed by atoms with Gasteiger partial charge in [0.1, 0.15) is 6.10 Å². The number of ether oxygens (including phenoxy) is 1. The molecule has 0 unspecified atom stereocenters. The van der Waals surface area contributed by atoms with Crippen molar-refractivity contribution in [1.29, 1.82) is 0 Å². The first kappa shape index (κ1) is 20.1. The molecular weight excluding hydrogens is 316 g/mol. The molecule has 0 spiro atoms. The van der Waals surface area contributed by atoms with E-state index in [1.54, 1.807) is 0 Å². The molecule has 0 N–H and O–H groups in total. The van der Waals surface area contributed by atoms with E-state index in [-0.39, 0.29) is 5.57 Å². The van der Waals surface area contributed by atoms with Gasteiger partial charge in [-0.1, -0.05) is 6.58 Å². The van der Waals surface area contributed by atoms with Crippen LogP contribution in [0.2, 0.25) is 0 Å². The predicted octanol–water partition coefficient (Wildman–Crippen LogP) is 1.12. The normalized spacial score (nSPS) is 13.0. The number of esters is 1. The molecule has 0 saturated carbocycles. The molecule has 0 aromatic rings. The van der Waals surface area contributed by atoms with E-state index >= 15 is 0 Å². The van der Waals surface area contributed by atoms with Crippen molar-refractivity contribution in [3.63, 3.8) is 0 Å². The van der Waals surface area contributed by atoms with E-state index in [0.29, 0.717) is 0 Å². The van der Waals surface area contributed by atoms with Gasteiger partial charge in [0.15, 0.2) is 19.7 Å². The summed E-state index contributed by atoms with van der Waals surface area (Å²) in [5.41, 5.74) is 0.0869. The fraction of sp³-hybridized carbons (Fsp3) is 0.769. The second-order valence-corrected chi connectivity index (χ2v) is 10.8. The predicted molar refractivity (Wildman–Crippen MR) is 82.5 cm³/mol. The van der Waals surface area contributed by atoms with Gasteiger partial charge in [-0.3, -0.25) is 0 Å². The van der Waals surface area contributed by atoms with E-state index < -0.39 is 53.8 Å². The molecule has 0 heterocycles. The van der Waals surface area contributed by atoms with Crippen molar-refractivity contribution in [2.45, 2.75) is 51.2 Å². The summed E-state index contributed by atoms with van der Waals surface area (Å²) in [5, 5.41) is -1.35. The Morgan fingerprint density at radius 2 is 1.29 bits per heavy atom. The van der Waals surface area contributed by atoms with E-state index in [1.165, 1.54) is 34.6 Å². The van der Waals surface area contributed by atoms with E-state index in [9.17, 15) is 21.6 Å². The van der Waals surface area contributed by atoms with Crippen molar-refractivity contribution in [1.82, 2.24) is 0 Å². The minimum atomic E-state index is -3.54. The highest BCUT2D eigenvalue weighted by Crippen LogP contribution is 2.12. The molecule has 0 amide bonds. The Morgan fingerprint density at radius 1 is 0.952 bits per heavy atom. The van der Waals surface area contributed by atoms with Crippen LogP contribution < -0.4 is 0 Å². The lowest BCUT2D eigenvalue weighted by atomic mass is 10.3. The highest BCUT2D eigenvalue weighted by atomic mass is 32.2. The molecule has 8 heteroatoms. The van der Waals surface area contributed by atoms with Gasteiger partial charge in [-0.2, -0.15) is 0 Å². The van der Waals surface area contributed by atoms with Gasteiger partial charge >= 0.3 is 5.97 Å². The van der Waals surface area contributed by atoms with Crippen LogP contribution in [0.5, 0.6) is 0 Å². The van der Waals surface area contributed by atoms with Crippen LogP contribution in [0.3, 0.4) is 0 Å². The second kappa shape index (κ2) is 7.40. The molecule has 0 fully saturated rings. The molecule has 6 nitrogen and oxygen atoms in total. The molecular formula is C13H24O6S2. The average Bonchev–Trinajstić information content (AvgIpc) is 2.26. The average molecular weight is 340 g/mol. The minimum Gasteiger partial charge on any atom is -0.457 e. The molecule has 0 rings (SSSR count). The van der Waals surface area contributed by atoms with E-state index in [1.807, 2.05) is 0 Å². The summed E-state index contributed by atoms with van der Waals surface area (Å²) >= 11 is 0. The maximum Gasteiger partial charge on any atom is 0.333 e. The van der Waals surface area contributed by atoms with Gasteiger partial charge in [-0.25, -0.2) is 21.6 Å². The van der Waals surface area contributed by atoms with Crippen LogP contribution in [0.15, 0.2) is 12.2 Å².